The first-order valence-corrected chi connectivity index (χ1v) is 17.2. The SMILES string of the molecule is CCOC(=O)N1CCCCOc2cc(ccc2C(=O)NCC2(CN)CC2)Nc2nc(nc(OCC(C)(F)F)n2)NCc2ccc(cc2)OCCC1. The number of nitrogens with one attached hydrogen (secondary N) is 3. The topological polar surface area (TPSA) is 175 Å². The molecule has 16 heteroatoms. The maximum Gasteiger partial charge on any atom is 0.409 e. The number of halogens is 2. The number of amides is 2. The molecule has 3 aliphatic rings. The highest BCUT2D eigenvalue weighted by Crippen LogP contribution is 2.43. The molecule has 51 heavy (non-hydrogen) atoms. The summed E-state index contributed by atoms with van der Waals surface area (Å²) < 4.78 is 49.9. The van der Waals surface area contributed by atoms with Crippen molar-refractivity contribution in [3.63, 3.8) is 0 Å². The summed E-state index contributed by atoms with van der Waals surface area (Å²) in [4.78, 5) is 40.4. The first-order valence-electron chi connectivity index (χ1n) is 17.2. The van der Waals surface area contributed by atoms with E-state index in [-0.39, 0.29) is 48.5 Å². The molecule has 0 spiro atoms. The Morgan fingerprint density at radius 2 is 1.76 bits per heavy atom. The van der Waals surface area contributed by atoms with Crippen LogP contribution in [-0.4, -0.2) is 90.4 Å². The van der Waals surface area contributed by atoms with Gasteiger partial charge in [0.15, 0.2) is 6.61 Å². The maximum atomic E-state index is 13.7. The molecule has 14 nitrogen and oxygen atoms in total. The molecule has 0 atom stereocenters. The average molecular weight is 713 g/mol. The first kappa shape index (κ1) is 37.3. The molecule has 0 saturated heterocycles. The van der Waals surface area contributed by atoms with Crippen molar-refractivity contribution >= 4 is 29.6 Å². The molecule has 1 fully saturated rings. The van der Waals surface area contributed by atoms with Gasteiger partial charge in [0.05, 0.1) is 25.4 Å². The summed E-state index contributed by atoms with van der Waals surface area (Å²) in [5.74, 6) is -2.33. The molecule has 6 rings (SSSR count). The number of anilines is 3. The van der Waals surface area contributed by atoms with Crippen LogP contribution in [0.5, 0.6) is 17.5 Å². The molecule has 2 amide bonds. The number of nitrogens with two attached hydrogens (primary N) is 1. The lowest BCUT2D eigenvalue weighted by Gasteiger charge is -2.22. The molecule has 2 aliphatic heterocycles. The van der Waals surface area contributed by atoms with E-state index in [9.17, 15) is 18.4 Å². The Kier molecular flexibility index (Phi) is 12.6. The summed E-state index contributed by atoms with van der Waals surface area (Å²) in [6, 6.07) is 12.0. The second kappa shape index (κ2) is 17.3. The quantitative estimate of drug-likeness (QED) is 0.243. The van der Waals surface area contributed by atoms with E-state index in [0.717, 1.165) is 25.3 Å². The summed E-state index contributed by atoms with van der Waals surface area (Å²) in [5, 5.41) is 9.14. The van der Waals surface area contributed by atoms with Crippen LogP contribution in [0.25, 0.3) is 0 Å². The summed E-state index contributed by atoms with van der Waals surface area (Å²) in [5.41, 5.74) is 7.52. The van der Waals surface area contributed by atoms with Gasteiger partial charge < -0.3 is 45.5 Å². The number of fused-ring (bicyclic) bond motifs is 12. The molecule has 5 N–H and O–H groups in total. The summed E-state index contributed by atoms with van der Waals surface area (Å²) >= 11 is 0. The molecule has 276 valence electrons. The van der Waals surface area contributed by atoms with Crippen molar-refractivity contribution in [1.29, 1.82) is 0 Å². The fourth-order valence-corrected chi connectivity index (χ4v) is 5.20. The molecular weight excluding hydrogens is 666 g/mol. The van der Waals surface area contributed by atoms with Crippen molar-refractivity contribution < 1.29 is 37.3 Å². The van der Waals surface area contributed by atoms with Crippen molar-refractivity contribution in [3.05, 3.63) is 53.6 Å². The Hall–Kier alpha value is -4.99. The monoisotopic (exact) mass is 712 g/mol. The number of benzene rings is 2. The molecule has 0 radical (unpaired) electrons. The smallest absolute Gasteiger partial charge is 0.409 e. The zero-order valence-corrected chi connectivity index (χ0v) is 29.0. The molecule has 3 heterocycles. The van der Waals surface area contributed by atoms with Crippen LogP contribution in [0.1, 0.15) is 61.9 Å². The lowest BCUT2D eigenvalue weighted by atomic mass is 10.1. The molecular formula is C35H46F2N8O6. The van der Waals surface area contributed by atoms with Gasteiger partial charge in [-0.3, -0.25) is 4.79 Å². The molecule has 6 bridgehead atoms. The highest BCUT2D eigenvalue weighted by Gasteiger charge is 2.41. The zero-order valence-electron chi connectivity index (χ0n) is 29.0. The fraction of sp³-hybridized carbons (Fsp3) is 0.514. The number of carbonyl (C=O) groups is 2. The number of nitrogens with zero attached hydrogens (tertiary/aromatic N) is 4. The van der Waals surface area contributed by atoms with Crippen molar-refractivity contribution in [3.8, 4) is 17.5 Å². The minimum atomic E-state index is -3.11. The van der Waals surface area contributed by atoms with Crippen LogP contribution in [-0.2, 0) is 11.3 Å². The second-order valence-electron chi connectivity index (χ2n) is 12.8. The van der Waals surface area contributed by atoms with E-state index in [2.05, 4.69) is 30.9 Å². The third-order valence-corrected chi connectivity index (χ3v) is 8.39. The van der Waals surface area contributed by atoms with Gasteiger partial charge in [0.25, 0.3) is 11.8 Å². The lowest BCUT2D eigenvalue weighted by molar-refractivity contribution is -0.0256. The maximum absolute atomic E-state index is 13.7. The largest absolute Gasteiger partial charge is 0.494 e. The average Bonchev–Trinajstić information content (AvgIpc) is 3.90. The van der Waals surface area contributed by atoms with Crippen LogP contribution < -0.4 is 35.9 Å². The van der Waals surface area contributed by atoms with E-state index in [0.29, 0.717) is 81.3 Å². The summed E-state index contributed by atoms with van der Waals surface area (Å²) in [6.07, 6.45) is 3.34. The van der Waals surface area contributed by atoms with Crippen molar-refractivity contribution in [2.45, 2.75) is 58.4 Å². The highest BCUT2D eigenvalue weighted by molar-refractivity contribution is 5.97. The van der Waals surface area contributed by atoms with Crippen molar-refractivity contribution in [2.24, 2.45) is 11.1 Å². The fourth-order valence-electron chi connectivity index (χ4n) is 5.20. The number of hydrogen-bond acceptors (Lipinski definition) is 12. The van der Waals surface area contributed by atoms with Gasteiger partial charge in [0.2, 0.25) is 11.9 Å². The van der Waals surface area contributed by atoms with E-state index < -0.39 is 12.5 Å². The number of aromatic nitrogens is 3. The van der Waals surface area contributed by atoms with E-state index in [1.807, 2.05) is 24.3 Å². The van der Waals surface area contributed by atoms with Crippen LogP contribution in [0.2, 0.25) is 0 Å². The van der Waals surface area contributed by atoms with Crippen LogP contribution in [0, 0.1) is 5.41 Å². The molecule has 1 saturated carbocycles. The Morgan fingerprint density at radius 1 is 1.02 bits per heavy atom. The van der Waals surface area contributed by atoms with Crippen molar-refractivity contribution in [1.82, 2.24) is 25.2 Å². The second-order valence-corrected chi connectivity index (χ2v) is 12.8. The van der Waals surface area contributed by atoms with Crippen LogP contribution in [0.4, 0.5) is 31.2 Å². The third kappa shape index (κ3) is 11.5. The predicted molar refractivity (Wildman–Crippen MR) is 186 cm³/mol. The van der Waals surface area contributed by atoms with E-state index in [1.165, 1.54) is 0 Å². The first-order chi connectivity index (χ1) is 24.5. The summed E-state index contributed by atoms with van der Waals surface area (Å²) in [7, 11) is 0. The Labute approximate surface area is 295 Å². The van der Waals surface area contributed by atoms with Gasteiger partial charge in [-0.2, -0.15) is 15.0 Å². The van der Waals surface area contributed by atoms with Gasteiger partial charge in [0, 0.05) is 50.3 Å². The van der Waals surface area contributed by atoms with E-state index in [4.69, 9.17) is 24.7 Å². The molecule has 2 aromatic carbocycles. The molecule has 1 aliphatic carbocycles. The standard InChI is InChI=1S/C35H46F2N8O6/c1-3-48-33(47)45-15-4-5-17-50-28-19-25(9-12-27(28)29(46)40-22-35(21-38)13-14-35)41-31-42-30(43-32(44-31)51-23-34(2,36)37)39-20-24-7-10-26(11-8-24)49-18-6-16-45/h7-12,19H,3-6,13-18,20-23,38H2,1-2H3,(H,40,46)(H2,39,41,42,43,44). The molecule has 3 aromatic rings. The van der Waals surface area contributed by atoms with Gasteiger partial charge in [-0.25, -0.2) is 13.6 Å². The lowest BCUT2D eigenvalue weighted by Crippen LogP contribution is -2.34. The van der Waals surface area contributed by atoms with Crippen LogP contribution >= 0.6 is 0 Å². The van der Waals surface area contributed by atoms with Gasteiger partial charge in [-0.15, -0.1) is 0 Å². The van der Waals surface area contributed by atoms with Crippen LogP contribution in [0.15, 0.2) is 42.5 Å². The van der Waals surface area contributed by atoms with Gasteiger partial charge >= 0.3 is 12.1 Å². The number of rotatable bonds is 8. The van der Waals surface area contributed by atoms with Gasteiger partial charge in [0.1, 0.15) is 11.5 Å². The number of alkyl halides is 2. The molecule has 1 aromatic heterocycles. The molecule has 0 unspecified atom stereocenters. The van der Waals surface area contributed by atoms with Crippen molar-refractivity contribution in [2.75, 3.05) is 63.2 Å². The van der Waals surface area contributed by atoms with Crippen LogP contribution in [0.3, 0.4) is 0 Å². The zero-order chi connectivity index (χ0) is 36.3. The minimum absolute atomic E-state index is 0.0184. The van der Waals surface area contributed by atoms with Gasteiger partial charge in [-0.1, -0.05) is 12.1 Å². The Morgan fingerprint density at radius 3 is 2.49 bits per heavy atom. The highest BCUT2D eigenvalue weighted by atomic mass is 19.3. The summed E-state index contributed by atoms with van der Waals surface area (Å²) in [6.45, 7) is 4.66. The minimum Gasteiger partial charge on any atom is -0.494 e. The third-order valence-electron chi connectivity index (χ3n) is 8.39. The number of ether oxygens (including phenoxy) is 4. The number of hydrogen-bond donors (Lipinski definition) is 4. The number of carbonyl (C=O) groups excluding carboxylic acids is 2. The van der Waals surface area contributed by atoms with Gasteiger partial charge in [-0.05, 0) is 75.4 Å². The van der Waals surface area contributed by atoms with E-state index >= 15 is 0 Å². The van der Waals surface area contributed by atoms with E-state index in [1.54, 1.807) is 30.0 Å². The Balaban J connectivity index is 1.40. The predicted octanol–water partition coefficient (Wildman–Crippen LogP) is 5.13. The Bertz CT molecular complexity index is 1620. The normalized spacial score (nSPS) is 16.4.